The van der Waals surface area contributed by atoms with Crippen molar-refractivity contribution in [2.75, 3.05) is 0 Å². The normalized spacial score (nSPS) is 16.4. The van der Waals surface area contributed by atoms with Gasteiger partial charge in [0.05, 0.1) is 0 Å². The molecule has 0 amide bonds. The van der Waals surface area contributed by atoms with Crippen LogP contribution in [0.4, 0.5) is 0 Å². The Morgan fingerprint density at radius 1 is 1.50 bits per heavy atom. The van der Waals surface area contributed by atoms with E-state index in [1.165, 1.54) is 5.12 Å². The molecule has 8 heavy (non-hydrogen) atoms. The van der Waals surface area contributed by atoms with Crippen LogP contribution in [0.2, 0.25) is 0 Å². The molecule has 0 atom stereocenters. The van der Waals surface area contributed by atoms with Crippen LogP contribution in [-0.4, -0.2) is 5.12 Å². The Bertz CT molecular complexity index is 120. The van der Waals surface area contributed by atoms with Crippen LogP contribution in [0, 0.1) is 0 Å². The summed E-state index contributed by atoms with van der Waals surface area (Å²) >= 11 is 5.21. The molecule has 0 unspecified atom stereocenters. The van der Waals surface area contributed by atoms with E-state index < -0.39 is 0 Å². The number of halogens is 1. The molecule has 1 heterocycles. The molecule has 0 spiro atoms. The molecule has 1 aliphatic rings. The topological polar surface area (TPSA) is 27.3 Å². The van der Waals surface area contributed by atoms with E-state index in [2.05, 4.69) is 10.4 Å². The first-order chi connectivity index (χ1) is 3.93. The molecule has 3 nitrogen and oxygen atoms in total. The number of hydrazine groups is 2. The van der Waals surface area contributed by atoms with Gasteiger partial charge < -0.3 is 0 Å². The minimum atomic E-state index is 1.52. The zero-order chi connectivity index (χ0) is 5.82. The lowest BCUT2D eigenvalue weighted by Crippen LogP contribution is -2.36. The van der Waals surface area contributed by atoms with Gasteiger partial charge in [-0.2, -0.15) is 0 Å². The van der Waals surface area contributed by atoms with Crippen LogP contribution in [0.3, 0.4) is 0 Å². The molecule has 0 aromatic rings. The van der Waals surface area contributed by atoms with Crippen molar-refractivity contribution in [1.82, 2.24) is 15.5 Å². The molecule has 0 saturated carbocycles. The smallest absolute Gasteiger partial charge is 0.0409 e. The summed E-state index contributed by atoms with van der Waals surface area (Å²) in [7, 11) is 0. The Balaban J connectivity index is 2.40. The molecule has 0 aliphatic carbocycles. The van der Waals surface area contributed by atoms with E-state index in [0.717, 1.165) is 0 Å². The summed E-state index contributed by atoms with van der Waals surface area (Å²) in [5, 5.41) is 1.52. The fraction of sp³-hybridized carbons (Fsp3) is 0. The second-order valence-corrected chi connectivity index (χ2v) is 1.45. The maximum atomic E-state index is 5.21. The number of nitrogens with zero attached hydrogens (tertiary/aromatic N) is 1. The summed E-state index contributed by atoms with van der Waals surface area (Å²) in [6.45, 7) is 0. The van der Waals surface area contributed by atoms with Crippen LogP contribution in [-0.2, 0) is 0 Å². The lowest BCUT2D eigenvalue weighted by atomic mass is 10.5. The maximum Gasteiger partial charge on any atom is 0.0409 e. The average molecular weight is 132 g/mol. The fourth-order valence-corrected chi connectivity index (χ4v) is 0.515. The van der Waals surface area contributed by atoms with Crippen molar-refractivity contribution in [1.29, 1.82) is 0 Å². The summed E-state index contributed by atoms with van der Waals surface area (Å²) in [4.78, 5) is 2.36. The van der Waals surface area contributed by atoms with Crippen LogP contribution in [0.1, 0.15) is 0 Å². The molecule has 0 aromatic heterocycles. The van der Waals surface area contributed by atoms with Gasteiger partial charge in [0.2, 0.25) is 0 Å². The Morgan fingerprint density at radius 3 is 2.75 bits per heavy atom. The Morgan fingerprint density at radius 2 is 2.38 bits per heavy atom. The molecule has 2 N–H and O–H groups in total. The molecule has 44 valence electrons. The van der Waals surface area contributed by atoms with Gasteiger partial charge in [0, 0.05) is 12.4 Å². The van der Waals surface area contributed by atoms with E-state index in [4.69, 9.17) is 11.8 Å². The molecule has 0 bridgehead atoms. The van der Waals surface area contributed by atoms with E-state index in [9.17, 15) is 0 Å². The van der Waals surface area contributed by atoms with Gasteiger partial charge in [0.15, 0.2) is 0 Å². The summed E-state index contributed by atoms with van der Waals surface area (Å²) in [5.74, 6) is 0. The largest absolute Gasteiger partial charge is 0.291 e. The molecular weight excluding hydrogens is 126 g/mol. The standard InChI is InChI=1S/C4H6ClN3/c5-7-8-4-2-1-3-6-8/h1-4,6-7H. The van der Waals surface area contributed by atoms with E-state index in [0.29, 0.717) is 0 Å². The predicted octanol–water partition coefficient (Wildman–Crippen LogP) is 0.492. The Kier molecular flexibility index (Phi) is 1.77. The number of allylic oxidation sites excluding steroid dienone is 2. The molecule has 1 rings (SSSR count). The maximum absolute atomic E-state index is 5.21. The van der Waals surface area contributed by atoms with Gasteiger partial charge in [-0.3, -0.25) is 5.43 Å². The Labute approximate surface area is 52.7 Å². The van der Waals surface area contributed by atoms with Gasteiger partial charge in [-0.15, -0.1) is 4.94 Å². The van der Waals surface area contributed by atoms with Crippen molar-refractivity contribution < 1.29 is 0 Å². The minimum Gasteiger partial charge on any atom is -0.291 e. The molecular formula is C4H6ClN3. The zero-order valence-electron chi connectivity index (χ0n) is 4.13. The van der Waals surface area contributed by atoms with Crippen LogP contribution < -0.4 is 10.4 Å². The first-order valence-corrected chi connectivity index (χ1v) is 2.56. The first-order valence-electron chi connectivity index (χ1n) is 2.18. The summed E-state index contributed by atoms with van der Waals surface area (Å²) < 4.78 is 0. The highest BCUT2D eigenvalue weighted by molar-refractivity contribution is 6.13. The van der Waals surface area contributed by atoms with Crippen molar-refractivity contribution in [2.24, 2.45) is 0 Å². The Hall–Kier alpha value is -0.670. The highest BCUT2D eigenvalue weighted by atomic mass is 35.5. The number of hydrogen-bond donors (Lipinski definition) is 2. The highest BCUT2D eigenvalue weighted by Gasteiger charge is 1.90. The predicted molar refractivity (Wildman–Crippen MR) is 32.2 cm³/mol. The second-order valence-electron chi connectivity index (χ2n) is 1.28. The van der Waals surface area contributed by atoms with E-state index in [1.807, 2.05) is 12.2 Å². The summed E-state index contributed by atoms with van der Waals surface area (Å²) in [6, 6.07) is 0. The SMILES string of the molecule is ClNN1C=CC=CN1. The van der Waals surface area contributed by atoms with Crippen LogP contribution in [0.15, 0.2) is 24.6 Å². The quantitative estimate of drug-likeness (QED) is 0.508. The third kappa shape index (κ3) is 1.15. The van der Waals surface area contributed by atoms with Crippen molar-refractivity contribution in [3.05, 3.63) is 24.6 Å². The van der Waals surface area contributed by atoms with Gasteiger partial charge in [-0.1, -0.05) is 0 Å². The van der Waals surface area contributed by atoms with Crippen LogP contribution in [0.25, 0.3) is 0 Å². The lowest BCUT2D eigenvalue weighted by Gasteiger charge is -2.17. The van der Waals surface area contributed by atoms with Gasteiger partial charge in [-0.25, -0.2) is 5.12 Å². The monoisotopic (exact) mass is 131 g/mol. The first kappa shape index (κ1) is 5.47. The molecule has 0 saturated heterocycles. The van der Waals surface area contributed by atoms with Crippen LogP contribution >= 0.6 is 11.8 Å². The molecule has 4 heteroatoms. The lowest BCUT2D eigenvalue weighted by molar-refractivity contribution is 0.282. The van der Waals surface area contributed by atoms with Crippen LogP contribution in [0.5, 0.6) is 0 Å². The van der Waals surface area contributed by atoms with Gasteiger partial charge in [-0.05, 0) is 23.9 Å². The number of hydrogen-bond acceptors (Lipinski definition) is 3. The zero-order valence-corrected chi connectivity index (χ0v) is 4.89. The molecule has 0 fully saturated rings. The van der Waals surface area contributed by atoms with Gasteiger partial charge in [0.1, 0.15) is 0 Å². The summed E-state index contributed by atoms with van der Waals surface area (Å²) in [5.41, 5.74) is 2.79. The van der Waals surface area contributed by atoms with Gasteiger partial charge >= 0.3 is 0 Å². The third-order valence-electron chi connectivity index (χ3n) is 0.747. The third-order valence-corrected chi connectivity index (χ3v) is 0.929. The number of nitrogens with one attached hydrogen (secondary N) is 2. The highest BCUT2D eigenvalue weighted by Crippen LogP contribution is 1.87. The average Bonchev–Trinajstić information content (AvgIpc) is 1.90. The second kappa shape index (κ2) is 2.59. The van der Waals surface area contributed by atoms with E-state index >= 15 is 0 Å². The minimum absolute atomic E-state index is 1.52. The van der Waals surface area contributed by atoms with Crippen molar-refractivity contribution >= 4 is 11.8 Å². The molecule has 1 aliphatic heterocycles. The van der Waals surface area contributed by atoms with Crippen molar-refractivity contribution in [3.8, 4) is 0 Å². The molecule has 0 radical (unpaired) electrons. The van der Waals surface area contributed by atoms with Crippen molar-refractivity contribution in [2.45, 2.75) is 0 Å². The summed E-state index contributed by atoms with van der Waals surface area (Å²) in [6.07, 6.45) is 7.24. The fourth-order valence-electron chi connectivity index (χ4n) is 0.410. The van der Waals surface area contributed by atoms with E-state index in [1.54, 1.807) is 12.4 Å². The van der Waals surface area contributed by atoms with Gasteiger partial charge in [0.25, 0.3) is 0 Å². The molecule has 0 aromatic carbocycles. The van der Waals surface area contributed by atoms with E-state index in [-0.39, 0.29) is 0 Å². The number of rotatable bonds is 1. The van der Waals surface area contributed by atoms with Crippen molar-refractivity contribution in [3.63, 3.8) is 0 Å².